The van der Waals surface area contributed by atoms with Gasteiger partial charge in [0.2, 0.25) is 5.95 Å². The highest BCUT2D eigenvalue weighted by molar-refractivity contribution is 7.96. The second-order valence-corrected chi connectivity index (χ2v) is 10.8. The van der Waals surface area contributed by atoms with E-state index < -0.39 is 21.6 Å². The Bertz CT molecular complexity index is 1120. The smallest absolute Gasteiger partial charge is 0.254 e. The van der Waals surface area contributed by atoms with Crippen molar-refractivity contribution in [3.8, 4) is 0 Å². The van der Waals surface area contributed by atoms with Gasteiger partial charge in [0, 0.05) is 36.8 Å². The number of piperidine rings is 1. The number of hydrogen-bond donors (Lipinski definition) is 1. The summed E-state index contributed by atoms with van der Waals surface area (Å²) in [6.45, 7) is 2.82. The van der Waals surface area contributed by atoms with Gasteiger partial charge in [-0.25, -0.2) is 4.98 Å². The van der Waals surface area contributed by atoms with Crippen LogP contribution in [-0.4, -0.2) is 99.2 Å². The van der Waals surface area contributed by atoms with Crippen LogP contribution in [0.15, 0.2) is 17.1 Å². The fraction of sp³-hybridized carbons (Fsp3) is 0.650. The van der Waals surface area contributed by atoms with Crippen LogP contribution in [0, 0.1) is 5.92 Å². The Morgan fingerprint density at radius 1 is 1.15 bits per heavy atom. The summed E-state index contributed by atoms with van der Waals surface area (Å²) >= 11 is 1.47. The third kappa shape index (κ3) is 4.78. The van der Waals surface area contributed by atoms with Gasteiger partial charge in [0.1, 0.15) is 5.65 Å². The molecule has 2 aliphatic rings. The van der Waals surface area contributed by atoms with Crippen molar-refractivity contribution in [1.82, 2.24) is 18.8 Å². The predicted molar refractivity (Wildman–Crippen MR) is 146 cm³/mol. The monoisotopic (exact) mass is 457 g/mol. The van der Waals surface area contributed by atoms with Crippen LogP contribution in [0.25, 0.3) is 11.0 Å². The maximum absolute atomic E-state index is 13.5. The summed E-state index contributed by atoms with van der Waals surface area (Å²) in [6.07, 6.45) is 6.31. The Balaban J connectivity index is 1.82. The van der Waals surface area contributed by atoms with Gasteiger partial charge in [0.05, 0.1) is 54.9 Å². The Labute approximate surface area is 215 Å². The van der Waals surface area contributed by atoms with E-state index in [0.717, 1.165) is 19.3 Å². The van der Waals surface area contributed by atoms with Crippen LogP contribution in [0.4, 0.5) is 5.95 Å². The van der Waals surface area contributed by atoms with Crippen LogP contribution >= 0.6 is 11.9 Å². The highest BCUT2D eigenvalue weighted by Crippen LogP contribution is 2.45. The minimum absolute atomic E-state index is 0.0731. The lowest BCUT2D eigenvalue weighted by Gasteiger charge is -2.54. The number of nitrogens with one attached hydrogen (secondary N) is 1. The van der Waals surface area contributed by atoms with E-state index in [1.54, 1.807) is 16.8 Å². The zero-order chi connectivity index (χ0) is 25.1. The molecule has 2 atom stereocenters. The highest BCUT2D eigenvalue weighted by Gasteiger charge is 2.45. The standard InChI is InChI=1S/C20H22B7N5OS/c1-10-4-3-5-13(10)32-14-11(6-12(15(32)33)20(25,26)27)7-28-17(29-14)30-16-18(21,22)8-31(34-2)9-19(16,23)24/h6-7,10,13,16H,3-5,8-9H2,1-2H3,(H,28,29,30). The summed E-state index contributed by atoms with van der Waals surface area (Å²) in [6, 6.07) is 0.729. The van der Waals surface area contributed by atoms with E-state index in [4.69, 9.17) is 54.9 Å². The van der Waals surface area contributed by atoms with E-state index in [0.29, 0.717) is 24.1 Å². The zero-order valence-corrected chi connectivity index (χ0v) is 20.4. The van der Waals surface area contributed by atoms with Crippen LogP contribution in [-0.2, 0) is 5.11 Å². The lowest BCUT2D eigenvalue weighted by atomic mass is 9.36. The highest BCUT2D eigenvalue weighted by atomic mass is 32.2. The van der Waals surface area contributed by atoms with Gasteiger partial charge in [0.25, 0.3) is 5.56 Å². The molecular formula is C20H22B7N5OS. The molecule has 1 aliphatic carbocycles. The summed E-state index contributed by atoms with van der Waals surface area (Å²) in [4.78, 5) is 22.6. The van der Waals surface area contributed by atoms with Crippen molar-refractivity contribution in [2.75, 3.05) is 24.7 Å². The topological polar surface area (TPSA) is 63.1 Å². The normalized spacial score (nSPS) is 25.5. The number of pyridine rings is 1. The molecule has 4 rings (SSSR count). The van der Waals surface area contributed by atoms with Crippen LogP contribution in [0.3, 0.4) is 0 Å². The second-order valence-electron chi connectivity index (χ2n) is 9.90. The number of nitrogens with zero attached hydrogens (tertiary/aromatic N) is 4. The Kier molecular flexibility index (Phi) is 6.91. The van der Waals surface area contributed by atoms with Crippen LogP contribution < -0.4 is 10.9 Å². The molecule has 1 saturated carbocycles. The van der Waals surface area contributed by atoms with Gasteiger partial charge in [-0.15, -0.1) is 5.11 Å². The molecule has 14 heteroatoms. The van der Waals surface area contributed by atoms with Crippen LogP contribution in [0.1, 0.15) is 37.8 Å². The average Bonchev–Trinajstić information content (AvgIpc) is 3.14. The summed E-state index contributed by atoms with van der Waals surface area (Å²) in [5.74, 6) is 0.476. The molecular weight excluding hydrogens is 434 g/mol. The third-order valence-electron chi connectivity index (χ3n) is 6.89. The molecule has 34 heavy (non-hydrogen) atoms. The lowest BCUT2D eigenvalue weighted by Crippen LogP contribution is -2.58. The Hall–Kier alpha value is -1.15. The molecule has 2 unspecified atom stereocenters. The van der Waals surface area contributed by atoms with Crippen molar-refractivity contribution in [3.05, 3.63) is 28.2 Å². The Morgan fingerprint density at radius 3 is 2.32 bits per heavy atom. The molecule has 6 nitrogen and oxygen atoms in total. The molecule has 0 aromatic carbocycles. The van der Waals surface area contributed by atoms with Gasteiger partial charge in [-0.3, -0.25) is 13.7 Å². The van der Waals surface area contributed by atoms with Gasteiger partial charge in [-0.2, -0.15) is 4.98 Å². The van der Waals surface area contributed by atoms with Crippen LogP contribution in [0.5, 0.6) is 0 Å². The number of fused-ring (bicyclic) bond motifs is 1. The van der Waals surface area contributed by atoms with Crippen LogP contribution in [0.2, 0.25) is 10.4 Å². The van der Waals surface area contributed by atoms with E-state index in [-0.39, 0.29) is 29.0 Å². The molecule has 2 aromatic heterocycles. The molecule has 3 heterocycles. The molecule has 2 fully saturated rings. The first-order valence-corrected chi connectivity index (χ1v) is 12.4. The molecule has 2 aromatic rings. The quantitative estimate of drug-likeness (QED) is 0.507. The minimum atomic E-state index is -1.80. The van der Waals surface area contributed by atoms with E-state index in [2.05, 4.69) is 22.2 Å². The maximum Gasteiger partial charge on any atom is 0.254 e. The van der Waals surface area contributed by atoms with E-state index in [1.165, 1.54) is 11.9 Å². The number of rotatable bonds is 5. The molecule has 1 aliphatic heterocycles. The summed E-state index contributed by atoms with van der Waals surface area (Å²) in [5, 5.41) is -0.587. The first kappa shape index (κ1) is 25.9. The van der Waals surface area contributed by atoms with Crippen molar-refractivity contribution in [3.63, 3.8) is 0 Å². The maximum atomic E-state index is 13.5. The molecule has 160 valence electrons. The average molecular weight is 456 g/mol. The number of anilines is 1. The molecule has 1 N–H and O–H groups in total. The summed E-state index contributed by atoms with van der Waals surface area (Å²) in [7, 11) is 43.4. The minimum Gasteiger partial charge on any atom is -0.353 e. The summed E-state index contributed by atoms with van der Waals surface area (Å²) in [5.41, 5.74) is 0.171. The van der Waals surface area contributed by atoms with Gasteiger partial charge in [-0.05, 0) is 36.6 Å². The lowest BCUT2D eigenvalue weighted by molar-refractivity contribution is 0.314. The number of aromatic nitrogens is 3. The molecule has 14 radical (unpaired) electrons. The fourth-order valence-electron chi connectivity index (χ4n) is 5.19. The first-order valence-electron chi connectivity index (χ1n) is 11.2. The predicted octanol–water partition coefficient (Wildman–Crippen LogP) is 0.0489. The van der Waals surface area contributed by atoms with Gasteiger partial charge >= 0.3 is 0 Å². The molecule has 1 saturated heterocycles. The SMILES string of the molecule is [B]C([B])([B])c1cc2cnc(NC3C([B])([B])CN(SC)CC3([B])[B])nc2n(C2CCCC2C)c1=O. The largest absolute Gasteiger partial charge is 0.353 e. The van der Waals surface area contributed by atoms with Gasteiger partial charge in [0.15, 0.2) is 0 Å². The fourth-order valence-corrected chi connectivity index (χ4v) is 5.90. The number of hydrogen-bond acceptors (Lipinski definition) is 6. The second kappa shape index (κ2) is 9.06. The zero-order valence-electron chi connectivity index (χ0n) is 19.6. The van der Waals surface area contributed by atoms with Gasteiger partial charge < -0.3 is 5.32 Å². The van der Waals surface area contributed by atoms with Crippen molar-refractivity contribution in [1.29, 1.82) is 0 Å². The Morgan fingerprint density at radius 2 is 1.79 bits per heavy atom. The van der Waals surface area contributed by atoms with Gasteiger partial charge in [-0.1, -0.05) is 35.7 Å². The van der Waals surface area contributed by atoms with E-state index in [9.17, 15) is 4.79 Å². The van der Waals surface area contributed by atoms with E-state index >= 15 is 0 Å². The summed E-state index contributed by atoms with van der Waals surface area (Å²) < 4.78 is 3.56. The molecule has 0 amide bonds. The van der Waals surface area contributed by atoms with Crippen molar-refractivity contribution in [2.24, 2.45) is 5.92 Å². The van der Waals surface area contributed by atoms with Crippen molar-refractivity contribution >= 4 is 83.9 Å². The molecule has 0 spiro atoms. The third-order valence-corrected chi connectivity index (χ3v) is 7.67. The first-order chi connectivity index (χ1) is 15.7. The van der Waals surface area contributed by atoms with E-state index in [1.807, 2.05) is 10.6 Å². The molecule has 0 bridgehead atoms. The van der Waals surface area contributed by atoms with Crippen molar-refractivity contribution < 1.29 is 0 Å². The van der Waals surface area contributed by atoms with Crippen molar-refractivity contribution in [2.45, 2.75) is 53.8 Å².